The molecule has 0 aliphatic carbocycles. The second-order valence-electron chi connectivity index (χ2n) is 8.86. The number of aromatic nitrogens is 1. The highest BCUT2D eigenvalue weighted by atomic mass is 32.2. The van der Waals surface area contributed by atoms with Gasteiger partial charge in [-0.3, -0.25) is 14.3 Å². The van der Waals surface area contributed by atoms with Gasteiger partial charge >= 0.3 is 0 Å². The normalized spacial score (nSPS) is 11.8. The van der Waals surface area contributed by atoms with Gasteiger partial charge in [-0.25, -0.2) is 0 Å². The van der Waals surface area contributed by atoms with Crippen LogP contribution in [0.2, 0.25) is 0 Å². The molecule has 0 spiro atoms. The minimum Gasteiger partial charge on any atom is -0.491 e. The summed E-state index contributed by atoms with van der Waals surface area (Å²) in [6, 6.07) is 15.1. The predicted molar refractivity (Wildman–Crippen MR) is 147 cm³/mol. The number of carbonyl (C=O) groups excluding carboxylic acids is 1. The highest BCUT2D eigenvalue weighted by Gasteiger charge is 2.18. The first-order valence-corrected chi connectivity index (χ1v) is 13.4. The second-order valence-corrected chi connectivity index (χ2v) is 10.3. The first-order chi connectivity index (χ1) is 17.4. The van der Waals surface area contributed by atoms with Gasteiger partial charge in [0.2, 0.25) is 0 Å². The van der Waals surface area contributed by atoms with Crippen LogP contribution < -0.4 is 15.8 Å². The van der Waals surface area contributed by atoms with Crippen LogP contribution in [0.3, 0.4) is 0 Å². The smallest absolute Gasteiger partial charge is 0.294 e. The van der Waals surface area contributed by atoms with Gasteiger partial charge in [-0.1, -0.05) is 0 Å². The molecule has 0 aliphatic heterocycles. The van der Waals surface area contributed by atoms with Crippen LogP contribution in [-0.2, 0) is 10.1 Å². The molecule has 1 heterocycles. The number of nitrogen functional groups attached to an aromatic ring is 1. The molecule has 200 valence electrons. The number of ether oxygens (including phenoxy) is 1. The van der Waals surface area contributed by atoms with Crippen LogP contribution in [0, 0.1) is 6.92 Å². The van der Waals surface area contributed by atoms with Crippen molar-refractivity contribution in [3.05, 3.63) is 78.1 Å². The average molecular weight is 529 g/mol. The van der Waals surface area contributed by atoms with Gasteiger partial charge in [0, 0.05) is 41.9 Å². The van der Waals surface area contributed by atoms with Crippen LogP contribution in [0.1, 0.15) is 43.6 Å². The SMILES string of the molecule is CCN(C(=O)c1cc(C)cc(OC[C@H](C)Nc2ccncc2)c1)C(C)C.Nc1ccc(S(=O)(=O)O)cc1. The molecule has 3 aromatic rings. The van der Waals surface area contributed by atoms with Gasteiger partial charge in [0.25, 0.3) is 16.0 Å². The summed E-state index contributed by atoms with van der Waals surface area (Å²) < 4.78 is 35.4. The average Bonchev–Trinajstić information content (AvgIpc) is 2.83. The molecule has 0 saturated carbocycles. The molecule has 37 heavy (non-hydrogen) atoms. The van der Waals surface area contributed by atoms with Crippen LogP contribution in [-0.4, -0.2) is 54.0 Å². The number of carbonyl (C=O) groups is 1. The molecule has 3 rings (SSSR count). The molecular weight excluding hydrogens is 492 g/mol. The lowest BCUT2D eigenvalue weighted by Crippen LogP contribution is -2.36. The van der Waals surface area contributed by atoms with Crippen molar-refractivity contribution in [2.24, 2.45) is 0 Å². The van der Waals surface area contributed by atoms with Gasteiger partial charge in [0.05, 0.1) is 10.9 Å². The zero-order valence-corrected chi connectivity index (χ0v) is 22.7. The number of hydrogen-bond acceptors (Lipinski definition) is 7. The summed E-state index contributed by atoms with van der Waals surface area (Å²) in [5, 5.41) is 3.37. The zero-order valence-electron chi connectivity index (χ0n) is 21.9. The summed E-state index contributed by atoms with van der Waals surface area (Å²) in [4.78, 5) is 18.5. The van der Waals surface area contributed by atoms with Gasteiger partial charge in [-0.15, -0.1) is 0 Å². The van der Waals surface area contributed by atoms with E-state index in [0.717, 1.165) is 17.0 Å². The van der Waals surface area contributed by atoms with Gasteiger partial charge in [0.1, 0.15) is 12.4 Å². The molecule has 0 unspecified atom stereocenters. The molecule has 0 aliphatic rings. The van der Waals surface area contributed by atoms with E-state index in [-0.39, 0.29) is 22.9 Å². The predicted octanol–water partition coefficient (Wildman–Crippen LogP) is 4.66. The maximum absolute atomic E-state index is 12.8. The topological polar surface area (TPSA) is 135 Å². The largest absolute Gasteiger partial charge is 0.491 e. The lowest BCUT2D eigenvalue weighted by molar-refractivity contribution is 0.0716. The first-order valence-electron chi connectivity index (χ1n) is 12.0. The standard InChI is InChI=1S/C21H29N3O2.C6H7NO3S/c1-6-24(15(2)3)21(25)18-11-16(4)12-20(13-18)26-14-17(5)23-19-7-9-22-10-8-19;7-5-1-3-6(4-2-5)11(8,9)10/h7-13,15,17H,6,14H2,1-5H3,(H,22,23);1-4H,7H2,(H,8,9,10)/t17-;/m0./s1. The van der Waals surface area contributed by atoms with Crippen molar-refractivity contribution >= 4 is 27.4 Å². The van der Waals surface area contributed by atoms with Crippen LogP contribution >= 0.6 is 0 Å². The monoisotopic (exact) mass is 528 g/mol. The number of nitrogens with one attached hydrogen (secondary N) is 1. The molecule has 0 fully saturated rings. The quantitative estimate of drug-likeness (QED) is 0.270. The molecule has 1 amide bonds. The Hall–Kier alpha value is -3.63. The Labute approximate surface area is 219 Å². The number of aryl methyl sites for hydroxylation is 1. The summed E-state index contributed by atoms with van der Waals surface area (Å²) in [5.41, 5.74) is 8.44. The number of nitrogens with zero attached hydrogens (tertiary/aromatic N) is 2. The lowest BCUT2D eigenvalue weighted by Gasteiger charge is -2.25. The Morgan fingerprint density at radius 2 is 1.70 bits per heavy atom. The lowest BCUT2D eigenvalue weighted by atomic mass is 10.1. The van der Waals surface area contributed by atoms with Crippen molar-refractivity contribution in [1.29, 1.82) is 0 Å². The number of benzene rings is 2. The third-order valence-corrected chi connectivity index (χ3v) is 6.16. The molecule has 10 heteroatoms. The highest BCUT2D eigenvalue weighted by molar-refractivity contribution is 7.85. The molecule has 0 radical (unpaired) electrons. The number of amides is 1. The zero-order chi connectivity index (χ0) is 27.6. The fraction of sp³-hybridized carbons (Fsp3) is 0.333. The van der Waals surface area contributed by atoms with Gasteiger partial charge in [-0.05, 0) is 94.8 Å². The molecular formula is C27H36N4O5S. The fourth-order valence-electron chi connectivity index (χ4n) is 3.50. The first kappa shape index (κ1) is 29.6. The van der Waals surface area contributed by atoms with E-state index in [1.165, 1.54) is 24.3 Å². The minimum absolute atomic E-state index is 0.0407. The van der Waals surface area contributed by atoms with E-state index in [0.29, 0.717) is 24.4 Å². The molecule has 9 nitrogen and oxygen atoms in total. The van der Waals surface area contributed by atoms with Crippen LogP contribution in [0.4, 0.5) is 11.4 Å². The number of rotatable bonds is 9. The Kier molecular flexibility index (Phi) is 10.9. The van der Waals surface area contributed by atoms with Crippen molar-refractivity contribution in [2.45, 2.75) is 51.6 Å². The van der Waals surface area contributed by atoms with Gasteiger partial charge in [-0.2, -0.15) is 8.42 Å². The molecule has 2 aromatic carbocycles. The Bertz CT molecular complexity index is 1250. The molecule has 4 N–H and O–H groups in total. The molecule has 1 aromatic heterocycles. The Morgan fingerprint density at radius 1 is 1.08 bits per heavy atom. The van der Waals surface area contributed by atoms with E-state index in [9.17, 15) is 13.2 Å². The molecule has 1 atom stereocenters. The summed E-state index contributed by atoms with van der Waals surface area (Å²) in [6.07, 6.45) is 3.51. The van der Waals surface area contributed by atoms with Gasteiger partial charge in [0.15, 0.2) is 0 Å². The Balaban J connectivity index is 0.000000364. The van der Waals surface area contributed by atoms with Gasteiger partial charge < -0.3 is 20.7 Å². The fourth-order valence-corrected chi connectivity index (χ4v) is 3.98. The van der Waals surface area contributed by atoms with Crippen LogP contribution in [0.25, 0.3) is 0 Å². The van der Waals surface area contributed by atoms with Crippen molar-refractivity contribution in [3.8, 4) is 5.75 Å². The molecule has 0 bridgehead atoms. The minimum atomic E-state index is -4.08. The summed E-state index contributed by atoms with van der Waals surface area (Å²) in [7, 11) is -4.08. The number of nitrogens with two attached hydrogens (primary N) is 1. The van der Waals surface area contributed by atoms with Crippen molar-refractivity contribution in [2.75, 3.05) is 24.2 Å². The Morgan fingerprint density at radius 3 is 2.24 bits per heavy atom. The van der Waals surface area contributed by atoms with E-state index in [2.05, 4.69) is 17.2 Å². The van der Waals surface area contributed by atoms with Crippen LogP contribution in [0.5, 0.6) is 5.75 Å². The van der Waals surface area contributed by atoms with E-state index in [1.807, 2.05) is 62.9 Å². The second kappa shape index (κ2) is 13.6. The van der Waals surface area contributed by atoms with E-state index in [4.69, 9.17) is 15.0 Å². The van der Waals surface area contributed by atoms with Crippen LogP contribution in [0.15, 0.2) is 71.9 Å². The summed E-state index contributed by atoms with van der Waals surface area (Å²) in [6.45, 7) is 11.3. The van der Waals surface area contributed by atoms with Crippen molar-refractivity contribution in [3.63, 3.8) is 0 Å². The van der Waals surface area contributed by atoms with E-state index in [1.54, 1.807) is 12.4 Å². The van der Waals surface area contributed by atoms with Crippen molar-refractivity contribution in [1.82, 2.24) is 9.88 Å². The maximum atomic E-state index is 12.8. The van der Waals surface area contributed by atoms with Crippen molar-refractivity contribution < 1.29 is 22.5 Å². The maximum Gasteiger partial charge on any atom is 0.294 e. The molecule has 0 saturated heterocycles. The third-order valence-electron chi connectivity index (χ3n) is 5.29. The number of hydrogen-bond donors (Lipinski definition) is 3. The summed E-state index contributed by atoms with van der Waals surface area (Å²) >= 11 is 0. The number of anilines is 2. The van der Waals surface area contributed by atoms with E-state index < -0.39 is 10.1 Å². The number of pyridine rings is 1. The third kappa shape index (κ3) is 9.74. The summed E-state index contributed by atoms with van der Waals surface area (Å²) in [5.74, 6) is 0.760. The highest BCUT2D eigenvalue weighted by Crippen LogP contribution is 2.20. The van der Waals surface area contributed by atoms with E-state index >= 15 is 0 Å².